The zero-order valence-electron chi connectivity index (χ0n) is 15.9. The molecule has 2 fully saturated rings. The van der Waals surface area contributed by atoms with E-state index in [0.717, 1.165) is 58.4 Å². The summed E-state index contributed by atoms with van der Waals surface area (Å²) >= 11 is 0. The van der Waals surface area contributed by atoms with Crippen molar-refractivity contribution in [1.29, 1.82) is 0 Å². The predicted molar refractivity (Wildman–Crippen MR) is 98.0 cm³/mol. The van der Waals surface area contributed by atoms with Crippen molar-refractivity contribution < 1.29 is 14.3 Å². The van der Waals surface area contributed by atoms with Crippen molar-refractivity contribution in [3.8, 4) is 0 Å². The zero-order chi connectivity index (χ0) is 18.1. The third-order valence-corrected chi connectivity index (χ3v) is 4.60. The second-order valence-electron chi connectivity index (χ2n) is 6.62. The van der Waals surface area contributed by atoms with E-state index < -0.39 is 0 Å². The molecule has 0 aromatic heterocycles. The van der Waals surface area contributed by atoms with Gasteiger partial charge in [0.25, 0.3) is 0 Å². The SMILES string of the molecule is CCOC(=O)N1CCN(C(=NC)NCC(C)CN2CCOCC2)CC1. The molecule has 2 aliphatic rings. The molecule has 0 aromatic carbocycles. The Morgan fingerprint density at radius 2 is 1.80 bits per heavy atom. The minimum Gasteiger partial charge on any atom is -0.450 e. The van der Waals surface area contributed by atoms with Gasteiger partial charge in [-0.25, -0.2) is 4.79 Å². The maximum atomic E-state index is 11.8. The fourth-order valence-electron chi connectivity index (χ4n) is 3.20. The summed E-state index contributed by atoms with van der Waals surface area (Å²) in [6.07, 6.45) is -0.218. The Morgan fingerprint density at radius 1 is 1.16 bits per heavy atom. The summed E-state index contributed by atoms with van der Waals surface area (Å²) in [5.41, 5.74) is 0. The van der Waals surface area contributed by atoms with Gasteiger partial charge in [-0.1, -0.05) is 6.92 Å². The van der Waals surface area contributed by atoms with Crippen LogP contribution in [0.2, 0.25) is 0 Å². The molecule has 0 bridgehead atoms. The Hall–Kier alpha value is -1.54. The first-order valence-corrected chi connectivity index (χ1v) is 9.31. The summed E-state index contributed by atoms with van der Waals surface area (Å²) in [5.74, 6) is 1.45. The average Bonchev–Trinajstić information content (AvgIpc) is 2.64. The van der Waals surface area contributed by atoms with Gasteiger partial charge in [0.1, 0.15) is 0 Å². The lowest BCUT2D eigenvalue weighted by Crippen LogP contribution is -2.54. The van der Waals surface area contributed by atoms with E-state index in [2.05, 4.69) is 27.0 Å². The summed E-state index contributed by atoms with van der Waals surface area (Å²) in [7, 11) is 1.81. The van der Waals surface area contributed by atoms with Crippen LogP contribution in [0, 0.1) is 5.92 Å². The molecule has 1 atom stereocenters. The van der Waals surface area contributed by atoms with Crippen LogP contribution >= 0.6 is 0 Å². The third kappa shape index (κ3) is 6.36. The van der Waals surface area contributed by atoms with Gasteiger partial charge in [-0.15, -0.1) is 0 Å². The Labute approximate surface area is 151 Å². The largest absolute Gasteiger partial charge is 0.450 e. The van der Waals surface area contributed by atoms with Gasteiger partial charge in [0, 0.05) is 59.4 Å². The van der Waals surface area contributed by atoms with Crippen molar-refractivity contribution in [1.82, 2.24) is 20.0 Å². The van der Waals surface area contributed by atoms with Crippen LogP contribution in [-0.4, -0.2) is 106 Å². The highest BCUT2D eigenvalue weighted by Gasteiger charge is 2.24. The van der Waals surface area contributed by atoms with E-state index in [4.69, 9.17) is 9.47 Å². The Bertz CT molecular complexity index is 432. The van der Waals surface area contributed by atoms with Gasteiger partial charge in [0.2, 0.25) is 0 Å². The van der Waals surface area contributed by atoms with Crippen LogP contribution in [0.4, 0.5) is 4.79 Å². The molecule has 0 aliphatic carbocycles. The number of hydrogen-bond acceptors (Lipinski definition) is 5. The lowest BCUT2D eigenvalue weighted by atomic mass is 10.1. The topological polar surface area (TPSA) is 69.6 Å². The molecule has 8 nitrogen and oxygen atoms in total. The normalized spacial score (nSPS) is 21.2. The Morgan fingerprint density at radius 3 is 2.40 bits per heavy atom. The van der Waals surface area contributed by atoms with Crippen LogP contribution in [0.5, 0.6) is 0 Å². The first-order chi connectivity index (χ1) is 12.1. The maximum absolute atomic E-state index is 11.8. The number of morpholine rings is 1. The molecule has 1 amide bonds. The molecule has 144 valence electrons. The molecule has 0 radical (unpaired) electrons. The number of ether oxygens (including phenoxy) is 2. The van der Waals surface area contributed by atoms with Crippen LogP contribution in [0.3, 0.4) is 0 Å². The number of carbonyl (C=O) groups excluding carboxylic acids is 1. The molecule has 25 heavy (non-hydrogen) atoms. The molecule has 0 saturated carbocycles. The Balaban J connectivity index is 1.70. The van der Waals surface area contributed by atoms with E-state index in [1.54, 1.807) is 4.90 Å². The lowest BCUT2D eigenvalue weighted by Gasteiger charge is -2.36. The zero-order valence-corrected chi connectivity index (χ0v) is 15.9. The van der Waals surface area contributed by atoms with Crippen molar-refractivity contribution in [2.24, 2.45) is 10.9 Å². The number of carbonyl (C=O) groups is 1. The number of nitrogens with zero attached hydrogens (tertiary/aromatic N) is 4. The smallest absolute Gasteiger partial charge is 0.409 e. The summed E-state index contributed by atoms with van der Waals surface area (Å²) in [4.78, 5) is 22.6. The third-order valence-electron chi connectivity index (χ3n) is 4.60. The van der Waals surface area contributed by atoms with E-state index in [0.29, 0.717) is 25.6 Å². The van der Waals surface area contributed by atoms with Crippen molar-refractivity contribution >= 4 is 12.1 Å². The fraction of sp³-hybridized carbons (Fsp3) is 0.882. The van der Waals surface area contributed by atoms with E-state index in [-0.39, 0.29) is 6.09 Å². The highest BCUT2D eigenvalue weighted by atomic mass is 16.6. The minimum absolute atomic E-state index is 0.218. The molecule has 1 unspecified atom stereocenters. The number of guanidine groups is 1. The number of hydrogen-bond donors (Lipinski definition) is 1. The van der Waals surface area contributed by atoms with E-state index >= 15 is 0 Å². The van der Waals surface area contributed by atoms with E-state index in [9.17, 15) is 4.79 Å². The molecular weight excluding hydrogens is 322 g/mol. The number of rotatable bonds is 5. The van der Waals surface area contributed by atoms with Crippen LogP contribution in [0.15, 0.2) is 4.99 Å². The predicted octanol–water partition coefficient (Wildman–Crippen LogP) is 0.304. The minimum atomic E-state index is -0.218. The van der Waals surface area contributed by atoms with Gasteiger partial charge in [-0.05, 0) is 12.8 Å². The van der Waals surface area contributed by atoms with Crippen molar-refractivity contribution in [2.45, 2.75) is 13.8 Å². The average molecular weight is 355 g/mol. The molecule has 0 spiro atoms. The highest BCUT2D eigenvalue weighted by molar-refractivity contribution is 5.80. The first kappa shape index (κ1) is 19.8. The maximum Gasteiger partial charge on any atom is 0.409 e. The molecule has 2 rings (SSSR count). The van der Waals surface area contributed by atoms with Gasteiger partial charge >= 0.3 is 6.09 Å². The molecule has 2 aliphatic heterocycles. The van der Waals surface area contributed by atoms with Crippen LogP contribution in [-0.2, 0) is 9.47 Å². The second kappa shape index (κ2) is 10.5. The second-order valence-corrected chi connectivity index (χ2v) is 6.62. The highest BCUT2D eigenvalue weighted by Crippen LogP contribution is 2.06. The van der Waals surface area contributed by atoms with Crippen molar-refractivity contribution in [3.05, 3.63) is 0 Å². The lowest BCUT2D eigenvalue weighted by molar-refractivity contribution is 0.0320. The van der Waals surface area contributed by atoms with Crippen molar-refractivity contribution in [3.63, 3.8) is 0 Å². The van der Waals surface area contributed by atoms with Crippen LogP contribution in [0.1, 0.15) is 13.8 Å². The molecule has 8 heteroatoms. The molecular formula is C17H33N5O3. The van der Waals surface area contributed by atoms with Crippen molar-refractivity contribution in [2.75, 3.05) is 79.2 Å². The van der Waals surface area contributed by atoms with Gasteiger partial charge in [0.15, 0.2) is 5.96 Å². The molecule has 1 N–H and O–H groups in total. The standard InChI is InChI=1S/C17H33N5O3/c1-4-25-17(23)22-7-5-21(6-8-22)16(18-3)19-13-15(2)14-20-9-11-24-12-10-20/h15H,4-14H2,1-3H3,(H,18,19). The number of aliphatic imine (C=N–C) groups is 1. The monoisotopic (exact) mass is 355 g/mol. The van der Waals surface area contributed by atoms with E-state index in [1.807, 2.05) is 14.0 Å². The number of piperazine rings is 1. The van der Waals surface area contributed by atoms with Gasteiger partial charge in [-0.2, -0.15) is 0 Å². The molecule has 2 saturated heterocycles. The van der Waals surface area contributed by atoms with Gasteiger partial charge in [-0.3, -0.25) is 9.89 Å². The van der Waals surface area contributed by atoms with Gasteiger partial charge < -0.3 is 24.6 Å². The summed E-state index contributed by atoms with van der Waals surface area (Å²) < 4.78 is 10.5. The fourth-order valence-corrected chi connectivity index (χ4v) is 3.20. The summed E-state index contributed by atoms with van der Waals surface area (Å²) in [6.45, 7) is 13.1. The number of amides is 1. The molecule has 0 aromatic rings. The summed E-state index contributed by atoms with van der Waals surface area (Å²) in [6, 6.07) is 0. The van der Waals surface area contributed by atoms with Crippen LogP contribution < -0.4 is 5.32 Å². The Kier molecular flexibility index (Phi) is 8.27. The van der Waals surface area contributed by atoms with Crippen LogP contribution in [0.25, 0.3) is 0 Å². The molecule has 2 heterocycles. The summed E-state index contributed by atoms with van der Waals surface area (Å²) in [5, 5.41) is 3.48. The quantitative estimate of drug-likeness (QED) is 0.565. The van der Waals surface area contributed by atoms with E-state index in [1.165, 1.54) is 0 Å². The van der Waals surface area contributed by atoms with Gasteiger partial charge in [0.05, 0.1) is 19.8 Å². The number of nitrogens with one attached hydrogen (secondary N) is 1. The first-order valence-electron chi connectivity index (χ1n) is 9.31.